The lowest BCUT2D eigenvalue weighted by Crippen LogP contribution is -2.28. The Morgan fingerprint density at radius 3 is 2.01 bits per heavy atom. The monoisotopic (exact) mass is 901 g/mol. The van der Waals surface area contributed by atoms with Crippen molar-refractivity contribution in [2.45, 2.75) is 51.0 Å². The molecule has 0 saturated heterocycles. The van der Waals surface area contributed by atoms with Crippen LogP contribution in [0, 0.1) is 13.8 Å². The number of aromatic nitrogens is 2. The standard InChI is InChI=1S/C66H51N3O/c1-41-18-4-11-26-55(41)68-57-28-13-8-22-48(57)53-38-44(34-36-60(53)68)43(3)52-39-45-20-16-32-63(65(45)50-24-7-6-21-47(50)52)70-64-33-17-31-62-66(64)51-25-10-15-30-59(51)67(62)46-35-37-61-54(40-46)49-23-9-14-29-58(49)69(61)56-27-12-5-19-42(56)2/h4-38,40,43,49,52,58H,39H2,1-3H3. The molecule has 2 aromatic heterocycles. The summed E-state index contributed by atoms with van der Waals surface area (Å²) in [6, 6.07) is 71.9. The van der Waals surface area contributed by atoms with Gasteiger partial charge < -0.3 is 18.8 Å². The molecule has 4 heteroatoms. The zero-order chi connectivity index (χ0) is 46.6. The predicted octanol–water partition coefficient (Wildman–Crippen LogP) is 17.1. The van der Waals surface area contributed by atoms with Gasteiger partial charge in [0.15, 0.2) is 0 Å². The fraction of sp³-hybridized carbons (Fsp3) is 0.121. The van der Waals surface area contributed by atoms with Gasteiger partial charge in [-0.25, -0.2) is 0 Å². The van der Waals surface area contributed by atoms with E-state index in [0.29, 0.717) is 0 Å². The Hall–Kier alpha value is -8.34. The van der Waals surface area contributed by atoms with Gasteiger partial charge in [0.1, 0.15) is 11.5 Å². The van der Waals surface area contributed by atoms with Gasteiger partial charge >= 0.3 is 0 Å². The molecule has 14 rings (SSSR count). The van der Waals surface area contributed by atoms with Crippen LogP contribution in [0.4, 0.5) is 11.4 Å². The third-order valence-corrected chi connectivity index (χ3v) is 15.9. The molecule has 70 heavy (non-hydrogen) atoms. The minimum absolute atomic E-state index is 0.225. The van der Waals surface area contributed by atoms with Crippen molar-refractivity contribution in [3.8, 4) is 34.0 Å². The van der Waals surface area contributed by atoms with E-state index in [-0.39, 0.29) is 23.8 Å². The summed E-state index contributed by atoms with van der Waals surface area (Å²) < 4.78 is 12.2. The molecule has 0 fully saturated rings. The van der Waals surface area contributed by atoms with E-state index in [9.17, 15) is 0 Å². The van der Waals surface area contributed by atoms with E-state index in [1.54, 1.807) is 0 Å². The first-order valence-electron chi connectivity index (χ1n) is 24.8. The molecule has 11 aromatic rings. The van der Waals surface area contributed by atoms with Gasteiger partial charge in [-0.15, -0.1) is 0 Å². The first-order chi connectivity index (χ1) is 34.5. The van der Waals surface area contributed by atoms with Crippen LogP contribution < -0.4 is 9.64 Å². The lowest BCUT2D eigenvalue weighted by Gasteiger charge is -2.33. The minimum Gasteiger partial charge on any atom is -0.456 e. The van der Waals surface area contributed by atoms with Crippen molar-refractivity contribution in [3.63, 3.8) is 0 Å². The number of hydrogen-bond donors (Lipinski definition) is 0. The number of allylic oxidation sites excluding steroid dienone is 2. The van der Waals surface area contributed by atoms with E-state index in [1.165, 1.54) is 88.8 Å². The van der Waals surface area contributed by atoms with Crippen LogP contribution in [0.15, 0.2) is 218 Å². The maximum atomic E-state index is 7.30. The SMILES string of the molecule is Cc1ccccc1N1c2ccc(-n3c4ccccc4c4c(Oc5cccc6c5-c5ccccc5C(C(C)c5ccc7c(c5)c5ccccc5n7-c5ccccc5C)C6)cccc43)cc2C2C=CC=CC21. The normalized spacial score (nSPS) is 17.2. The number of ether oxygens (including phenoxy) is 1. The van der Waals surface area contributed by atoms with Gasteiger partial charge in [0.2, 0.25) is 0 Å². The van der Waals surface area contributed by atoms with Crippen LogP contribution in [0.5, 0.6) is 11.5 Å². The van der Waals surface area contributed by atoms with Gasteiger partial charge in [0.25, 0.3) is 0 Å². The van der Waals surface area contributed by atoms with Crippen molar-refractivity contribution in [2.24, 2.45) is 0 Å². The van der Waals surface area contributed by atoms with Crippen LogP contribution in [0.2, 0.25) is 0 Å². The number of aryl methyl sites for hydroxylation is 2. The van der Waals surface area contributed by atoms with Crippen molar-refractivity contribution >= 4 is 55.0 Å². The highest BCUT2D eigenvalue weighted by atomic mass is 16.5. The summed E-state index contributed by atoms with van der Waals surface area (Å²) in [6.07, 6.45) is 10.1. The first kappa shape index (κ1) is 40.7. The smallest absolute Gasteiger partial charge is 0.137 e. The van der Waals surface area contributed by atoms with Gasteiger partial charge in [0.05, 0.1) is 33.5 Å². The fourth-order valence-corrected chi connectivity index (χ4v) is 12.6. The molecule has 0 radical (unpaired) electrons. The highest BCUT2D eigenvalue weighted by Gasteiger charge is 2.38. The number of benzene rings is 9. The van der Waals surface area contributed by atoms with Crippen molar-refractivity contribution in [1.29, 1.82) is 0 Å². The van der Waals surface area contributed by atoms with Crippen LogP contribution in [0.1, 0.15) is 58.1 Å². The van der Waals surface area contributed by atoms with Gasteiger partial charge in [0, 0.05) is 50.4 Å². The molecule has 3 heterocycles. The number of anilines is 2. The molecule has 4 unspecified atom stereocenters. The molecular weight excluding hydrogens is 851 g/mol. The van der Waals surface area contributed by atoms with E-state index in [4.69, 9.17) is 4.74 Å². The maximum absolute atomic E-state index is 7.30. The van der Waals surface area contributed by atoms with Crippen LogP contribution in [-0.2, 0) is 6.42 Å². The molecule has 0 N–H and O–H groups in total. The summed E-state index contributed by atoms with van der Waals surface area (Å²) in [5, 5.41) is 4.87. The molecule has 0 spiro atoms. The Balaban J connectivity index is 0.841. The van der Waals surface area contributed by atoms with Crippen molar-refractivity contribution in [3.05, 3.63) is 252 Å². The molecule has 0 amide bonds. The number of hydrogen-bond acceptors (Lipinski definition) is 2. The number of para-hydroxylation sites is 4. The minimum atomic E-state index is 0.225. The maximum Gasteiger partial charge on any atom is 0.137 e. The summed E-state index contributed by atoms with van der Waals surface area (Å²) in [6.45, 7) is 6.85. The van der Waals surface area contributed by atoms with Gasteiger partial charge in [-0.3, -0.25) is 0 Å². The largest absolute Gasteiger partial charge is 0.456 e. The quantitative estimate of drug-likeness (QED) is 0.159. The summed E-state index contributed by atoms with van der Waals surface area (Å²) in [7, 11) is 0. The number of nitrogens with zero attached hydrogens (tertiary/aromatic N) is 3. The van der Waals surface area contributed by atoms with E-state index in [2.05, 4.69) is 253 Å². The number of fused-ring (bicyclic) bond motifs is 12. The molecule has 9 aromatic carbocycles. The topological polar surface area (TPSA) is 22.3 Å². The summed E-state index contributed by atoms with van der Waals surface area (Å²) in [5.41, 5.74) is 20.1. The van der Waals surface area contributed by atoms with Gasteiger partial charge in [-0.1, -0.05) is 153 Å². The second-order valence-electron chi connectivity index (χ2n) is 19.7. The molecule has 3 aliphatic rings. The third-order valence-electron chi connectivity index (χ3n) is 15.9. The molecule has 336 valence electrons. The van der Waals surface area contributed by atoms with E-state index in [0.717, 1.165) is 40.0 Å². The first-order valence-corrected chi connectivity index (χ1v) is 24.8. The second-order valence-corrected chi connectivity index (χ2v) is 19.7. The van der Waals surface area contributed by atoms with E-state index in [1.807, 2.05) is 0 Å². The highest BCUT2D eigenvalue weighted by Crippen LogP contribution is 2.52. The molecule has 1 aliphatic heterocycles. The van der Waals surface area contributed by atoms with Crippen molar-refractivity contribution in [1.82, 2.24) is 9.13 Å². The van der Waals surface area contributed by atoms with Crippen molar-refractivity contribution < 1.29 is 4.74 Å². The Kier molecular flexibility index (Phi) is 9.22. The predicted molar refractivity (Wildman–Crippen MR) is 291 cm³/mol. The average molecular weight is 902 g/mol. The highest BCUT2D eigenvalue weighted by molar-refractivity contribution is 6.13. The molecule has 4 nitrogen and oxygen atoms in total. The third kappa shape index (κ3) is 6.09. The average Bonchev–Trinajstić information content (AvgIpc) is 4.04. The van der Waals surface area contributed by atoms with E-state index < -0.39 is 0 Å². The van der Waals surface area contributed by atoms with E-state index >= 15 is 0 Å². The molecule has 0 saturated carbocycles. The lowest BCUT2D eigenvalue weighted by atomic mass is 9.71. The van der Waals surface area contributed by atoms with Gasteiger partial charge in [-0.05, 0) is 144 Å². The Morgan fingerprint density at radius 1 is 0.500 bits per heavy atom. The van der Waals surface area contributed by atoms with Gasteiger partial charge in [-0.2, -0.15) is 0 Å². The molecular formula is C66H51N3O. The summed E-state index contributed by atoms with van der Waals surface area (Å²) >= 11 is 0. The summed E-state index contributed by atoms with van der Waals surface area (Å²) in [4.78, 5) is 2.53. The summed E-state index contributed by atoms with van der Waals surface area (Å²) in [5.74, 6) is 2.56. The second kappa shape index (κ2) is 15.9. The zero-order valence-corrected chi connectivity index (χ0v) is 39.6. The Morgan fingerprint density at radius 2 is 1.17 bits per heavy atom. The molecule has 0 bridgehead atoms. The molecule has 2 aliphatic carbocycles. The lowest BCUT2D eigenvalue weighted by molar-refractivity contribution is 0.487. The Labute approximate surface area is 408 Å². The Bertz CT molecular complexity index is 3990. The fourth-order valence-electron chi connectivity index (χ4n) is 12.6. The molecule has 4 atom stereocenters. The number of rotatable bonds is 7. The van der Waals surface area contributed by atoms with Crippen LogP contribution in [-0.4, -0.2) is 15.2 Å². The van der Waals surface area contributed by atoms with Crippen molar-refractivity contribution in [2.75, 3.05) is 4.90 Å². The van der Waals surface area contributed by atoms with Crippen LogP contribution in [0.25, 0.3) is 66.1 Å². The zero-order valence-electron chi connectivity index (χ0n) is 39.6. The van der Waals surface area contributed by atoms with Crippen LogP contribution in [0.3, 0.4) is 0 Å². The van der Waals surface area contributed by atoms with Crippen LogP contribution >= 0.6 is 0 Å².